The number of nitrogens with zero attached hydrogens (tertiary/aromatic N) is 2. The number of guanidine groups is 1. The molecule has 0 aliphatic heterocycles. The monoisotopic (exact) mass is 494 g/mol. The third kappa shape index (κ3) is 6.46. The van der Waals surface area contributed by atoms with E-state index in [0.29, 0.717) is 24.6 Å². The van der Waals surface area contributed by atoms with Crippen LogP contribution in [0.1, 0.15) is 34.0 Å². The molecule has 1 heterocycles. The molecule has 0 radical (unpaired) electrons. The Bertz CT molecular complexity index is 729. The Labute approximate surface area is 174 Å². The van der Waals surface area contributed by atoms with Crippen molar-refractivity contribution in [3.63, 3.8) is 0 Å². The van der Waals surface area contributed by atoms with Crippen molar-refractivity contribution < 1.29 is 8.78 Å². The zero-order chi connectivity index (χ0) is 18.4. The van der Waals surface area contributed by atoms with Crippen molar-refractivity contribution in [1.29, 1.82) is 0 Å². The van der Waals surface area contributed by atoms with Crippen LogP contribution in [0.2, 0.25) is 0 Å². The number of halogens is 3. The molecular formula is C18H25F2IN4S. The van der Waals surface area contributed by atoms with Crippen molar-refractivity contribution in [3.05, 3.63) is 51.0 Å². The maximum atomic E-state index is 13.8. The third-order valence-electron chi connectivity index (χ3n) is 4.00. The molecule has 0 spiro atoms. The Balaban J connectivity index is 0.00000338. The van der Waals surface area contributed by atoms with E-state index >= 15 is 0 Å². The first-order valence-electron chi connectivity index (χ1n) is 8.23. The Morgan fingerprint density at radius 1 is 1.27 bits per heavy atom. The number of aryl methyl sites for hydroxylation is 2. The fourth-order valence-electron chi connectivity index (χ4n) is 2.42. The van der Waals surface area contributed by atoms with Gasteiger partial charge in [-0.2, -0.15) is 0 Å². The van der Waals surface area contributed by atoms with Crippen LogP contribution in [0.3, 0.4) is 0 Å². The van der Waals surface area contributed by atoms with Crippen LogP contribution in [0.5, 0.6) is 0 Å². The molecule has 8 heteroatoms. The van der Waals surface area contributed by atoms with Gasteiger partial charge in [0, 0.05) is 43.4 Å². The van der Waals surface area contributed by atoms with Gasteiger partial charge in [0.05, 0.1) is 10.7 Å². The quantitative estimate of drug-likeness (QED) is 0.360. The van der Waals surface area contributed by atoms with E-state index in [1.807, 2.05) is 13.8 Å². The van der Waals surface area contributed by atoms with E-state index < -0.39 is 11.6 Å². The molecule has 1 atom stereocenters. The van der Waals surface area contributed by atoms with E-state index in [-0.39, 0.29) is 29.9 Å². The van der Waals surface area contributed by atoms with Gasteiger partial charge in [-0.15, -0.1) is 35.3 Å². The standard InChI is InChI=1S/C18H24F2N4S.HI/c1-11(15-6-5-14(19)9-16(15)20)10-23-18(21-4)22-8-7-17-24-12(2)13(3)25-17;/h5-6,9,11H,7-8,10H2,1-4H3,(H2,21,22,23);1H. The second-order valence-corrected chi connectivity index (χ2v) is 7.23. The lowest BCUT2D eigenvalue weighted by molar-refractivity contribution is 0.556. The number of nitrogens with one attached hydrogen (secondary N) is 2. The molecule has 144 valence electrons. The number of hydrogen-bond donors (Lipinski definition) is 2. The van der Waals surface area contributed by atoms with Gasteiger partial charge in [0.1, 0.15) is 11.6 Å². The fraction of sp³-hybridized carbons (Fsp3) is 0.444. The maximum absolute atomic E-state index is 13.8. The van der Waals surface area contributed by atoms with Gasteiger partial charge in [-0.3, -0.25) is 4.99 Å². The van der Waals surface area contributed by atoms with Crippen LogP contribution >= 0.6 is 35.3 Å². The minimum Gasteiger partial charge on any atom is -0.356 e. The van der Waals surface area contributed by atoms with Crippen LogP contribution in [0, 0.1) is 25.5 Å². The number of rotatable bonds is 6. The van der Waals surface area contributed by atoms with Crippen molar-refractivity contribution in [2.24, 2.45) is 4.99 Å². The lowest BCUT2D eigenvalue weighted by Gasteiger charge is -2.16. The van der Waals surface area contributed by atoms with Crippen molar-refractivity contribution in [3.8, 4) is 0 Å². The molecule has 0 fully saturated rings. The van der Waals surface area contributed by atoms with E-state index in [1.165, 1.54) is 17.0 Å². The number of benzene rings is 1. The average molecular weight is 494 g/mol. The Hall–Kier alpha value is -1.29. The molecule has 0 aliphatic carbocycles. The van der Waals surface area contributed by atoms with Crippen LogP contribution in [-0.2, 0) is 6.42 Å². The molecular weight excluding hydrogens is 469 g/mol. The predicted molar refractivity (Wildman–Crippen MR) is 115 cm³/mol. The number of hydrogen-bond acceptors (Lipinski definition) is 3. The van der Waals surface area contributed by atoms with Crippen LogP contribution in [0.15, 0.2) is 23.2 Å². The highest BCUT2D eigenvalue weighted by Crippen LogP contribution is 2.19. The summed E-state index contributed by atoms with van der Waals surface area (Å²) in [7, 11) is 1.69. The first kappa shape index (κ1) is 22.8. The fourth-order valence-corrected chi connectivity index (χ4v) is 3.35. The van der Waals surface area contributed by atoms with Gasteiger partial charge in [0.2, 0.25) is 0 Å². The van der Waals surface area contributed by atoms with Crippen molar-refractivity contribution >= 4 is 41.3 Å². The minimum absolute atomic E-state index is 0. The lowest BCUT2D eigenvalue weighted by Crippen LogP contribution is -2.40. The Morgan fingerprint density at radius 3 is 2.58 bits per heavy atom. The normalized spacial score (nSPS) is 12.5. The molecule has 2 N–H and O–H groups in total. The van der Waals surface area contributed by atoms with Gasteiger partial charge >= 0.3 is 0 Å². The smallest absolute Gasteiger partial charge is 0.191 e. The van der Waals surface area contributed by atoms with Crippen molar-refractivity contribution in [2.45, 2.75) is 33.1 Å². The summed E-state index contributed by atoms with van der Waals surface area (Å²) in [5, 5.41) is 7.50. The second kappa shape index (κ2) is 10.8. The summed E-state index contributed by atoms with van der Waals surface area (Å²) in [5.74, 6) is -0.541. The molecule has 0 saturated heterocycles. The van der Waals surface area contributed by atoms with Gasteiger partial charge < -0.3 is 10.6 Å². The van der Waals surface area contributed by atoms with Crippen LogP contribution in [0.4, 0.5) is 8.78 Å². The first-order valence-corrected chi connectivity index (χ1v) is 9.04. The van der Waals surface area contributed by atoms with Crippen molar-refractivity contribution in [2.75, 3.05) is 20.1 Å². The Kier molecular flexibility index (Phi) is 9.42. The topological polar surface area (TPSA) is 49.3 Å². The molecule has 2 rings (SSSR count). The van der Waals surface area contributed by atoms with E-state index in [0.717, 1.165) is 23.2 Å². The van der Waals surface area contributed by atoms with Crippen molar-refractivity contribution in [1.82, 2.24) is 15.6 Å². The van der Waals surface area contributed by atoms with Crippen LogP contribution < -0.4 is 10.6 Å². The zero-order valence-corrected chi connectivity index (χ0v) is 18.5. The summed E-state index contributed by atoms with van der Waals surface area (Å²) in [6, 6.07) is 3.68. The highest BCUT2D eigenvalue weighted by molar-refractivity contribution is 14.0. The first-order chi connectivity index (χ1) is 11.9. The Morgan fingerprint density at radius 2 is 2.00 bits per heavy atom. The molecule has 0 saturated carbocycles. The lowest BCUT2D eigenvalue weighted by atomic mass is 10.0. The summed E-state index contributed by atoms with van der Waals surface area (Å²) in [5.41, 5.74) is 1.57. The summed E-state index contributed by atoms with van der Waals surface area (Å²) in [6.07, 6.45) is 0.822. The summed E-state index contributed by atoms with van der Waals surface area (Å²) in [6.45, 7) is 7.18. The SMILES string of the molecule is CN=C(NCCc1nc(C)c(C)s1)NCC(C)c1ccc(F)cc1F.I. The van der Waals surface area contributed by atoms with Crippen LogP contribution in [0.25, 0.3) is 0 Å². The average Bonchev–Trinajstić information content (AvgIpc) is 2.88. The van der Waals surface area contributed by atoms with Crippen LogP contribution in [-0.4, -0.2) is 31.1 Å². The molecule has 26 heavy (non-hydrogen) atoms. The molecule has 1 aromatic heterocycles. The minimum atomic E-state index is -0.563. The van der Waals surface area contributed by atoms with Gasteiger partial charge in [0.15, 0.2) is 5.96 Å². The number of thiazole rings is 1. The number of aromatic nitrogens is 1. The predicted octanol–water partition coefficient (Wildman–Crippen LogP) is 4.17. The third-order valence-corrected chi connectivity index (χ3v) is 5.13. The van der Waals surface area contributed by atoms with E-state index in [2.05, 4.69) is 27.5 Å². The molecule has 2 aromatic rings. The van der Waals surface area contributed by atoms with E-state index in [1.54, 1.807) is 18.4 Å². The van der Waals surface area contributed by atoms with E-state index in [9.17, 15) is 8.78 Å². The highest BCUT2D eigenvalue weighted by Gasteiger charge is 2.12. The van der Waals surface area contributed by atoms with E-state index in [4.69, 9.17) is 0 Å². The molecule has 0 amide bonds. The van der Waals surface area contributed by atoms with Gasteiger partial charge in [-0.25, -0.2) is 13.8 Å². The second-order valence-electron chi connectivity index (χ2n) is 5.95. The largest absolute Gasteiger partial charge is 0.356 e. The van der Waals surface area contributed by atoms with Gasteiger partial charge in [-0.05, 0) is 25.5 Å². The maximum Gasteiger partial charge on any atom is 0.191 e. The highest BCUT2D eigenvalue weighted by atomic mass is 127. The van der Waals surface area contributed by atoms with Gasteiger partial charge in [-0.1, -0.05) is 13.0 Å². The molecule has 4 nitrogen and oxygen atoms in total. The number of aliphatic imine (C=N–C) groups is 1. The molecule has 0 aliphatic rings. The molecule has 1 unspecified atom stereocenters. The summed E-state index contributed by atoms with van der Waals surface area (Å²) >= 11 is 1.71. The summed E-state index contributed by atoms with van der Waals surface area (Å²) < 4.78 is 26.8. The van der Waals surface area contributed by atoms with Gasteiger partial charge in [0.25, 0.3) is 0 Å². The summed E-state index contributed by atoms with van der Waals surface area (Å²) in [4.78, 5) is 9.92. The molecule has 0 bridgehead atoms. The zero-order valence-electron chi connectivity index (χ0n) is 15.4. The molecule has 1 aromatic carbocycles.